The van der Waals surface area contributed by atoms with Crippen molar-refractivity contribution in [3.8, 4) is 0 Å². The molecule has 0 saturated carbocycles. The summed E-state index contributed by atoms with van der Waals surface area (Å²) in [5, 5.41) is 0. The van der Waals surface area contributed by atoms with E-state index in [1.807, 2.05) is 11.8 Å². The number of Topliss-reactive ketones (excluding diaryl/α,β-unsaturated/α-hetero) is 1. The number of hydrogen-bond acceptors (Lipinski definition) is 6. The zero-order valence-electron chi connectivity index (χ0n) is 16.7. The van der Waals surface area contributed by atoms with Crippen molar-refractivity contribution in [1.82, 2.24) is 14.0 Å². The molecule has 0 aliphatic carbocycles. The minimum Gasteiger partial charge on any atom is -0.384 e. The van der Waals surface area contributed by atoms with Gasteiger partial charge in [-0.3, -0.25) is 23.6 Å². The number of nitrogen functional groups attached to an aromatic ring is 1. The Labute approximate surface area is 168 Å². The summed E-state index contributed by atoms with van der Waals surface area (Å²) in [7, 11) is 1.36. The zero-order valence-corrected chi connectivity index (χ0v) is 16.7. The van der Waals surface area contributed by atoms with Crippen LogP contribution >= 0.6 is 0 Å². The fourth-order valence-electron chi connectivity index (χ4n) is 3.58. The highest BCUT2D eigenvalue weighted by molar-refractivity contribution is 6.01. The number of nitrogens with zero attached hydrogens (tertiary/aromatic N) is 4. The summed E-state index contributed by atoms with van der Waals surface area (Å²) in [6, 6.07) is 6.32. The normalized spacial score (nSPS) is 14.9. The first kappa shape index (κ1) is 20.8. The summed E-state index contributed by atoms with van der Waals surface area (Å²) in [6.45, 7) is 4.90. The van der Waals surface area contributed by atoms with E-state index in [0.29, 0.717) is 39.1 Å². The summed E-state index contributed by atoms with van der Waals surface area (Å²) in [5.41, 5.74) is 5.66. The molecule has 0 amide bonds. The number of carbonyl (C=O) groups excluding carboxylic acids is 1. The number of aromatic nitrogens is 2. The molecule has 29 heavy (non-hydrogen) atoms. The van der Waals surface area contributed by atoms with E-state index in [1.54, 1.807) is 12.1 Å². The van der Waals surface area contributed by atoms with E-state index in [2.05, 4.69) is 4.90 Å². The third-order valence-electron chi connectivity index (χ3n) is 5.24. The van der Waals surface area contributed by atoms with Crippen molar-refractivity contribution < 1.29 is 9.18 Å². The van der Waals surface area contributed by atoms with E-state index in [-0.39, 0.29) is 29.5 Å². The maximum Gasteiger partial charge on any atom is 0.332 e. The number of piperazine rings is 1. The van der Waals surface area contributed by atoms with Gasteiger partial charge in [-0.25, -0.2) is 9.18 Å². The SMILES string of the molecule is CCCn1c(N)c(C(=O)CN2CCN(c3ccc(F)cc3)CC2)c(=O)n(C)c1=O. The van der Waals surface area contributed by atoms with Gasteiger partial charge in [0.2, 0.25) is 0 Å². The van der Waals surface area contributed by atoms with Crippen molar-refractivity contribution in [2.45, 2.75) is 19.9 Å². The van der Waals surface area contributed by atoms with Crippen LogP contribution in [0.15, 0.2) is 33.9 Å². The molecule has 156 valence electrons. The molecule has 2 heterocycles. The Morgan fingerprint density at radius 1 is 1.10 bits per heavy atom. The molecular weight excluding hydrogens is 377 g/mol. The van der Waals surface area contributed by atoms with Crippen LogP contribution in [0.5, 0.6) is 0 Å². The number of anilines is 2. The Kier molecular flexibility index (Phi) is 6.17. The van der Waals surface area contributed by atoms with Crippen molar-refractivity contribution in [3.63, 3.8) is 0 Å². The Bertz CT molecular complexity index is 1000. The van der Waals surface area contributed by atoms with Crippen LogP contribution in [0.4, 0.5) is 15.9 Å². The quantitative estimate of drug-likeness (QED) is 0.713. The Morgan fingerprint density at radius 2 is 1.72 bits per heavy atom. The van der Waals surface area contributed by atoms with Gasteiger partial charge in [-0.15, -0.1) is 0 Å². The smallest absolute Gasteiger partial charge is 0.332 e. The van der Waals surface area contributed by atoms with Gasteiger partial charge in [0.05, 0.1) is 6.54 Å². The van der Waals surface area contributed by atoms with Crippen molar-refractivity contribution in [1.29, 1.82) is 0 Å². The summed E-state index contributed by atoms with van der Waals surface area (Å²) < 4.78 is 15.3. The topological polar surface area (TPSA) is 93.6 Å². The maximum absolute atomic E-state index is 13.1. The lowest BCUT2D eigenvalue weighted by molar-refractivity contribution is 0.0924. The minimum absolute atomic E-state index is 0.0566. The van der Waals surface area contributed by atoms with E-state index >= 15 is 0 Å². The van der Waals surface area contributed by atoms with Crippen LogP contribution in [0.1, 0.15) is 23.7 Å². The second-order valence-corrected chi connectivity index (χ2v) is 7.22. The van der Waals surface area contributed by atoms with Gasteiger partial charge in [-0.2, -0.15) is 0 Å². The van der Waals surface area contributed by atoms with Crippen LogP contribution in [-0.2, 0) is 13.6 Å². The molecule has 3 rings (SSSR count). The molecule has 0 unspecified atom stereocenters. The van der Waals surface area contributed by atoms with E-state index in [9.17, 15) is 18.8 Å². The summed E-state index contributed by atoms with van der Waals surface area (Å²) in [5.74, 6) is -0.723. The van der Waals surface area contributed by atoms with Gasteiger partial charge in [0.25, 0.3) is 5.56 Å². The van der Waals surface area contributed by atoms with Gasteiger partial charge in [0.1, 0.15) is 17.2 Å². The van der Waals surface area contributed by atoms with E-state index in [0.717, 1.165) is 10.3 Å². The van der Waals surface area contributed by atoms with Crippen molar-refractivity contribution >= 4 is 17.3 Å². The summed E-state index contributed by atoms with van der Waals surface area (Å²) >= 11 is 0. The summed E-state index contributed by atoms with van der Waals surface area (Å²) in [4.78, 5) is 41.7. The van der Waals surface area contributed by atoms with E-state index in [1.165, 1.54) is 23.7 Å². The fraction of sp³-hybridized carbons (Fsp3) is 0.450. The molecule has 1 aliphatic rings. The Morgan fingerprint density at radius 3 is 2.31 bits per heavy atom. The van der Waals surface area contributed by atoms with Crippen LogP contribution in [0.25, 0.3) is 0 Å². The van der Waals surface area contributed by atoms with Gasteiger partial charge in [0, 0.05) is 45.5 Å². The maximum atomic E-state index is 13.1. The molecule has 1 fully saturated rings. The predicted molar refractivity (Wildman–Crippen MR) is 110 cm³/mol. The van der Waals surface area contributed by atoms with Crippen molar-refractivity contribution in [3.05, 3.63) is 56.5 Å². The molecule has 9 heteroatoms. The average Bonchev–Trinajstić information content (AvgIpc) is 2.71. The molecule has 2 aromatic rings. The third-order valence-corrected chi connectivity index (χ3v) is 5.24. The second kappa shape index (κ2) is 8.60. The summed E-state index contributed by atoms with van der Waals surface area (Å²) in [6.07, 6.45) is 0.654. The largest absolute Gasteiger partial charge is 0.384 e. The average molecular weight is 403 g/mol. The first-order valence-electron chi connectivity index (χ1n) is 9.68. The number of rotatable bonds is 6. The molecule has 1 aromatic heterocycles. The Balaban J connectivity index is 1.72. The van der Waals surface area contributed by atoms with Crippen molar-refractivity contribution in [2.75, 3.05) is 43.4 Å². The lowest BCUT2D eigenvalue weighted by Crippen LogP contribution is -2.49. The number of hydrogen-bond donors (Lipinski definition) is 1. The standard InChI is InChI=1S/C20H26FN5O3/c1-3-8-26-18(22)17(19(28)23(2)20(26)29)16(27)13-24-9-11-25(12-10-24)15-6-4-14(21)5-7-15/h4-7H,3,8-13,22H2,1-2H3. The van der Waals surface area contributed by atoms with E-state index in [4.69, 9.17) is 5.73 Å². The van der Waals surface area contributed by atoms with Crippen LogP contribution in [0, 0.1) is 5.82 Å². The van der Waals surface area contributed by atoms with Gasteiger partial charge in [-0.05, 0) is 30.7 Å². The monoisotopic (exact) mass is 403 g/mol. The molecule has 8 nitrogen and oxygen atoms in total. The van der Waals surface area contributed by atoms with Gasteiger partial charge in [0.15, 0.2) is 5.78 Å². The highest BCUT2D eigenvalue weighted by Crippen LogP contribution is 2.17. The first-order chi connectivity index (χ1) is 13.8. The fourth-order valence-corrected chi connectivity index (χ4v) is 3.58. The molecular formula is C20H26FN5O3. The van der Waals surface area contributed by atoms with Gasteiger partial charge in [-0.1, -0.05) is 6.92 Å². The number of ketones is 1. The molecule has 1 aliphatic heterocycles. The number of nitrogens with two attached hydrogens (primary N) is 1. The van der Waals surface area contributed by atoms with Crippen molar-refractivity contribution in [2.24, 2.45) is 7.05 Å². The molecule has 0 radical (unpaired) electrons. The van der Waals surface area contributed by atoms with Crippen LogP contribution in [0.3, 0.4) is 0 Å². The van der Waals surface area contributed by atoms with Crippen LogP contribution in [-0.4, -0.2) is 52.5 Å². The molecule has 0 spiro atoms. The predicted octanol–water partition coefficient (Wildman–Crippen LogP) is 0.683. The molecule has 0 bridgehead atoms. The lowest BCUT2D eigenvalue weighted by Gasteiger charge is -2.35. The van der Waals surface area contributed by atoms with Gasteiger partial charge >= 0.3 is 5.69 Å². The molecule has 2 N–H and O–H groups in total. The molecule has 1 saturated heterocycles. The highest BCUT2D eigenvalue weighted by atomic mass is 19.1. The second-order valence-electron chi connectivity index (χ2n) is 7.22. The number of benzene rings is 1. The lowest BCUT2D eigenvalue weighted by atomic mass is 10.1. The van der Waals surface area contributed by atoms with Crippen LogP contribution < -0.4 is 21.9 Å². The Hall–Kier alpha value is -2.94. The van der Waals surface area contributed by atoms with E-state index < -0.39 is 11.2 Å². The number of carbonyl (C=O) groups is 1. The number of halogens is 1. The van der Waals surface area contributed by atoms with Crippen LogP contribution in [0.2, 0.25) is 0 Å². The minimum atomic E-state index is -0.658. The first-order valence-corrected chi connectivity index (χ1v) is 9.68. The van der Waals surface area contributed by atoms with Gasteiger partial charge < -0.3 is 10.6 Å². The molecule has 0 atom stereocenters. The third kappa shape index (κ3) is 4.24. The highest BCUT2D eigenvalue weighted by Gasteiger charge is 2.25. The zero-order chi connectivity index (χ0) is 21.1. The molecule has 1 aromatic carbocycles.